The van der Waals surface area contributed by atoms with E-state index in [-0.39, 0.29) is 17.5 Å². The summed E-state index contributed by atoms with van der Waals surface area (Å²) in [7, 11) is -1.73. The van der Waals surface area contributed by atoms with Crippen LogP contribution < -0.4 is 0 Å². The number of aromatic nitrogens is 3. The minimum absolute atomic E-state index is 0.0433. The van der Waals surface area contributed by atoms with Gasteiger partial charge in [0.05, 0.1) is 51.9 Å². The first-order valence-corrected chi connectivity index (χ1v) is 10.8. The molecule has 4 heterocycles. The van der Waals surface area contributed by atoms with Crippen molar-refractivity contribution in [2.45, 2.75) is 19.4 Å². The molecular weight excluding hydrogens is 374 g/mol. The molecule has 1 atom stereocenters. The summed E-state index contributed by atoms with van der Waals surface area (Å²) < 4.78 is 30.4. The zero-order valence-electron chi connectivity index (χ0n) is 14.3. The van der Waals surface area contributed by atoms with Crippen LogP contribution in [0.1, 0.15) is 28.5 Å². The maximum Gasteiger partial charge on any atom is 0.338 e. The van der Waals surface area contributed by atoms with E-state index >= 15 is 0 Å². The van der Waals surface area contributed by atoms with Crippen molar-refractivity contribution in [1.82, 2.24) is 14.8 Å². The van der Waals surface area contributed by atoms with Crippen LogP contribution in [-0.2, 0) is 14.6 Å². The molecule has 1 aliphatic heterocycles. The van der Waals surface area contributed by atoms with E-state index in [9.17, 15) is 13.2 Å². The van der Waals surface area contributed by atoms with Crippen LogP contribution in [0.25, 0.3) is 21.6 Å². The molecule has 0 radical (unpaired) electrons. The van der Waals surface area contributed by atoms with Crippen LogP contribution in [0, 0.1) is 6.92 Å². The lowest BCUT2D eigenvalue weighted by Crippen LogP contribution is -2.13. The number of hydrogen-bond acceptors (Lipinski definition) is 7. The Morgan fingerprint density at radius 3 is 2.85 bits per heavy atom. The van der Waals surface area contributed by atoms with Crippen LogP contribution in [0.5, 0.6) is 0 Å². The number of methoxy groups -OCH3 is 1. The molecule has 7 nitrogen and oxygen atoms in total. The average molecular weight is 391 g/mol. The van der Waals surface area contributed by atoms with Crippen LogP contribution in [0.15, 0.2) is 23.6 Å². The van der Waals surface area contributed by atoms with E-state index in [0.717, 1.165) is 4.88 Å². The van der Waals surface area contributed by atoms with Gasteiger partial charge in [-0.2, -0.15) is 5.10 Å². The number of carbonyl (C=O) groups is 1. The van der Waals surface area contributed by atoms with Gasteiger partial charge in [-0.05, 0) is 30.9 Å². The van der Waals surface area contributed by atoms with Crippen LogP contribution in [0.4, 0.5) is 0 Å². The Morgan fingerprint density at radius 1 is 1.42 bits per heavy atom. The van der Waals surface area contributed by atoms with Gasteiger partial charge >= 0.3 is 5.97 Å². The van der Waals surface area contributed by atoms with Crippen molar-refractivity contribution in [3.8, 4) is 10.6 Å². The summed E-state index contributed by atoms with van der Waals surface area (Å²) in [6, 6.07) is 5.28. The van der Waals surface area contributed by atoms with Crippen molar-refractivity contribution in [3.63, 3.8) is 0 Å². The van der Waals surface area contributed by atoms with Crippen LogP contribution in [-0.4, -0.2) is 47.8 Å². The maximum absolute atomic E-state index is 12.4. The van der Waals surface area contributed by atoms with Crippen molar-refractivity contribution in [2.24, 2.45) is 0 Å². The minimum atomic E-state index is -3.07. The molecule has 1 fully saturated rings. The summed E-state index contributed by atoms with van der Waals surface area (Å²) in [5, 5.41) is 7.07. The third-order valence-electron chi connectivity index (χ3n) is 4.57. The van der Waals surface area contributed by atoms with Crippen LogP contribution in [0.2, 0.25) is 0 Å². The highest BCUT2D eigenvalue weighted by atomic mass is 32.2. The first-order valence-electron chi connectivity index (χ1n) is 8.12. The van der Waals surface area contributed by atoms with E-state index in [4.69, 9.17) is 9.72 Å². The number of carbonyl (C=O) groups excluding carboxylic acids is 1. The molecule has 0 spiro atoms. The second-order valence-corrected chi connectivity index (χ2v) is 9.49. The molecule has 1 aliphatic rings. The highest BCUT2D eigenvalue weighted by Crippen LogP contribution is 2.33. The lowest BCUT2D eigenvalue weighted by Gasteiger charge is -2.11. The number of rotatable bonds is 3. The first-order chi connectivity index (χ1) is 12.4. The fourth-order valence-corrected chi connectivity index (χ4v) is 5.74. The summed E-state index contributed by atoms with van der Waals surface area (Å²) >= 11 is 1.52. The topological polar surface area (TPSA) is 91.2 Å². The number of nitrogens with zero attached hydrogens (tertiary/aromatic N) is 3. The van der Waals surface area contributed by atoms with Crippen LogP contribution >= 0.6 is 11.3 Å². The Morgan fingerprint density at radius 2 is 2.23 bits per heavy atom. The number of hydrogen-bond donors (Lipinski definition) is 0. The lowest BCUT2D eigenvalue weighted by atomic mass is 10.1. The quantitative estimate of drug-likeness (QED) is 0.638. The molecule has 0 bridgehead atoms. The predicted molar refractivity (Wildman–Crippen MR) is 99.2 cm³/mol. The summed E-state index contributed by atoms with van der Waals surface area (Å²) in [6.07, 6.45) is 0.497. The average Bonchev–Trinajstić information content (AvgIpc) is 3.33. The summed E-state index contributed by atoms with van der Waals surface area (Å²) in [4.78, 5) is 18.0. The van der Waals surface area contributed by atoms with Gasteiger partial charge < -0.3 is 4.74 Å². The Bertz CT molecular complexity index is 1100. The molecule has 0 aliphatic carbocycles. The molecule has 26 heavy (non-hydrogen) atoms. The standard InChI is InChI=1S/C17H17N3O4S2/c1-10-15-12(17(21)24-2)8-13(14-4-3-6-25-14)18-16(15)20(19-10)11-5-7-26(22,23)9-11/h3-4,6,8,11H,5,7,9H2,1-2H3. The van der Waals surface area contributed by atoms with E-state index in [0.29, 0.717) is 34.4 Å². The van der Waals surface area contributed by atoms with Gasteiger partial charge in [-0.25, -0.2) is 22.9 Å². The fraction of sp³-hybridized carbons (Fsp3) is 0.353. The largest absolute Gasteiger partial charge is 0.465 e. The third kappa shape index (κ3) is 2.80. The van der Waals surface area contributed by atoms with E-state index in [1.165, 1.54) is 18.4 Å². The maximum atomic E-state index is 12.4. The SMILES string of the molecule is COC(=O)c1cc(-c2cccs2)nc2c1c(C)nn2C1CCS(=O)(=O)C1. The predicted octanol–water partition coefficient (Wildman–Crippen LogP) is 2.61. The Hall–Kier alpha value is -2.26. The van der Waals surface area contributed by atoms with E-state index in [1.807, 2.05) is 17.5 Å². The Labute approximate surface area is 154 Å². The van der Waals surface area contributed by atoms with Gasteiger partial charge in [-0.15, -0.1) is 11.3 Å². The van der Waals surface area contributed by atoms with Crippen LogP contribution in [0.3, 0.4) is 0 Å². The normalized spacial score (nSPS) is 19.1. The third-order valence-corrected chi connectivity index (χ3v) is 7.21. The molecule has 4 rings (SSSR count). The van der Waals surface area contributed by atoms with Gasteiger partial charge in [0.2, 0.25) is 0 Å². The van der Waals surface area contributed by atoms with Crippen molar-refractivity contribution in [3.05, 3.63) is 34.8 Å². The number of ether oxygens (including phenoxy) is 1. The number of thiophene rings is 1. The van der Waals surface area contributed by atoms with Crippen molar-refractivity contribution in [2.75, 3.05) is 18.6 Å². The number of pyridine rings is 1. The molecule has 3 aromatic heterocycles. The van der Waals surface area contributed by atoms with Gasteiger partial charge in [-0.1, -0.05) is 6.07 Å². The second kappa shape index (κ2) is 6.17. The number of aryl methyl sites for hydroxylation is 1. The van der Waals surface area contributed by atoms with Crippen molar-refractivity contribution < 1.29 is 17.9 Å². The summed E-state index contributed by atoms with van der Waals surface area (Å²) in [6.45, 7) is 1.79. The van der Waals surface area contributed by atoms with Gasteiger partial charge in [0.1, 0.15) is 0 Å². The fourth-order valence-electron chi connectivity index (χ4n) is 3.36. The van der Waals surface area contributed by atoms with Gasteiger partial charge in [0.15, 0.2) is 15.5 Å². The van der Waals surface area contributed by atoms with Gasteiger partial charge in [0, 0.05) is 0 Å². The Balaban J connectivity index is 1.97. The first kappa shape index (κ1) is 17.2. The molecule has 1 unspecified atom stereocenters. The number of esters is 1. The van der Waals surface area contributed by atoms with E-state index in [1.54, 1.807) is 17.7 Å². The Kier molecular flexibility index (Phi) is 4.07. The van der Waals surface area contributed by atoms with Crippen molar-refractivity contribution >= 4 is 38.2 Å². The highest BCUT2D eigenvalue weighted by Gasteiger charge is 2.32. The molecule has 0 amide bonds. The van der Waals surface area contributed by atoms with Crippen molar-refractivity contribution in [1.29, 1.82) is 0 Å². The molecule has 0 aromatic carbocycles. The molecule has 1 saturated heterocycles. The molecule has 9 heteroatoms. The van der Waals surface area contributed by atoms with Gasteiger partial charge in [0.25, 0.3) is 0 Å². The molecule has 136 valence electrons. The lowest BCUT2D eigenvalue weighted by molar-refractivity contribution is 0.0603. The second-order valence-electron chi connectivity index (χ2n) is 6.31. The number of fused-ring (bicyclic) bond motifs is 1. The monoisotopic (exact) mass is 391 g/mol. The van der Waals surface area contributed by atoms with E-state index in [2.05, 4.69) is 5.10 Å². The zero-order valence-corrected chi connectivity index (χ0v) is 15.9. The smallest absolute Gasteiger partial charge is 0.338 e. The minimum Gasteiger partial charge on any atom is -0.465 e. The summed E-state index contributed by atoms with van der Waals surface area (Å²) in [5.74, 6) is -0.272. The van der Waals surface area contributed by atoms with E-state index < -0.39 is 15.8 Å². The molecule has 0 N–H and O–H groups in total. The van der Waals surface area contributed by atoms with Gasteiger partial charge in [-0.3, -0.25) is 0 Å². The zero-order chi connectivity index (χ0) is 18.5. The summed E-state index contributed by atoms with van der Waals surface area (Å²) in [5.41, 5.74) is 2.20. The molecular formula is C17H17N3O4S2. The number of sulfone groups is 1. The highest BCUT2D eigenvalue weighted by molar-refractivity contribution is 7.91. The molecule has 3 aromatic rings. The molecule has 0 saturated carbocycles.